The predicted molar refractivity (Wildman–Crippen MR) is 45.0 cm³/mol. The van der Waals surface area contributed by atoms with E-state index in [0.717, 1.165) is 19.3 Å². The number of methoxy groups -OCH3 is 1. The minimum atomic E-state index is -0.320. The summed E-state index contributed by atoms with van der Waals surface area (Å²) in [4.78, 5) is 21.9. The zero-order valence-electron chi connectivity index (χ0n) is 7.75. The second-order valence-corrected chi connectivity index (χ2v) is 3.14. The number of hydrogen-bond acceptors (Lipinski definition) is 4. The Balaban J connectivity index is 2.39. The molecule has 0 aromatic rings. The molecular weight excluding hydrogens is 172 g/mol. The Bertz CT molecular complexity index is 200. The highest BCUT2D eigenvalue weighted by Gasteiger charge is 2.21. The molecule has 0 N–H and O–H groups in total. The Kier molecular flexibility index (Phi) is 3.73. The molecule has 74 valence electrons. The van der Waals surface area contributed by atoms with E-state index in [1.54, 1.807) is 0 Å². The first-order chi connectivity index (χ1) is 6.22. The highest BCUT2D eigenvalue weighted by Crippen LogP contribution is 2.16. The van der Waals surface area contributed by atoms with Crippen molar-refractivity contribution in [3.63, 3.8) is 0 Å². The van der Waals surface area contributed by atoms with Crippen molar-refractivity contribution in [1.29, 1.82) is 0 Å². The van der Waals surface area contributed by atoms with Gasteiger partial charge < -0.3 is 9.47 Å². The smallest absolute Gasteiger partial charge is 0.309 e. The first-order valence-corrected chi connectivity index (χ1v) is 4.48. The lowest BCUT2D eigenvalue weighted by Gasteiger charge is -2.12. The number of carbonyl (C=O) groups is 2. The maximum Gasteiger partial charge on any atom is 0.309 e. The molecule has 1 aliphatic rings. The molecule has 1 heterocycles. The monoisotopic (exact) mass is 186 g/mol. The molecule has 0 bridgehead atoms. The van der Waals surface area contributed by atoms with Gasteiger partial charge in [0.1, 0.15) is 6.10 Å². The molecule has 0 aromatic carbocycles. The van der Waals surface area contributed by atoms with Gasteiger partial charge in [0.2, 0.25) is 0 Å². The third-order valence-electron chi connectivity index (χ3n) is 2.08. The Hall–Kier alpha value is -1.06. The van der Waals surface area contributed by atoms with Crippen LogP contribution in [0.5, 0.6) is 0 Å². The summed E-state index contributed by atoms with van der Waals surface area (Å²) < 4.78 is 9.54. The van der Waals surface area contributed by atoms with Gasteiger partial charge in [-0.25, -0.2) is 0 Å². The fourth-order valence-electron chi connectivity index (χ4n) is 1.36. The van der Waals surface area contributed by atoms with Crippen molar-refractivity contribution < 1.29 is 19.1 Å². The summed E-state index contributed by atoms with van der Waals surface area (Å²) in [5.41, 5.74) is 0. The summed E-state index contributed by atoms with van der Waals surface area (Å²) in [7, 11) is 1.33. The van der Waals surface area contributed by atoms with Crippen molar-refractivity contribution >= 4 is 11.9 Å². The lowest BCUT2D eigenvalue weighted by Crippen LogP contribution is -2.20. The molecule has 0 aliphatic carbocycles. The zero-order valence-corrected chi connectivity index (χ0v) is 7.75. The third kappa shape index (κ3) is 3.44. The van der Waals surface area contributed by atoms with Crippen LogP contribution in [-0.4, -0.2) is 25.2 Å². The first-order valence-electron chi connectivity index (χ1n) is 4.48. The lowest BCUT2D eigenvalue weighted by atomic mass is 10.1. The van der Waals surface area contributed by atoms with E-state index < -0.39 is 0 Å². The van der Waals surface area contributed by atoms with Gasteiger partial charge in [0.15, 0.2) is 0 Å². The molecule has 0 amide bonds. The van der Waals surface area contributed by atoms with Crippen LogP contribution in [0.25, 0.3) is 0 Å². The maximum atomic E-state index is 11.0. The summed E-state index contributed by atoms with van der Waals surface area (Å²) in [5, 5.41) is 0. The highest BCUT2D eigenvalue weighted by molar-refractivity contribution is 5.72. The molecule has 1 rings (SSSR count). The summed E-state index contributed by atoms with van der Waals surface area (Å²) >= 11 is 0. The average molecular weight is 186 g/mol. The van der Waals surface area contributed by atoms with Crippen molar-refractivity contribution in [2.45, 2.75) is 38.2 Å². The number of hydrogen-bond donors (Lipinski definition) is 0. The number of esters is 2. The van der Waals surface area contributed by atoms with Crippen LogP contribution in [0.1, 0.15) is 32.1 Å². The number of carbonyl (C=O) groups excluding carboxylic acids is 2. The Morgan fingerprint density at radius 2 is 2.38 bits per heavy atom. The van der Waals surface area contributed by atoms with Gasteiger partial charge in [-0.15, -0.1) is 0 Å². The van der Waals surface area contributed by atoms with E-state index in [1.165, 1.54) is 7.11 Å². The summed E-state index contributed by atoms with van der Waals surface area (Å²) in [6.07, 6.45) is 2.94. The maximum absolute atomic E-state index is 11.0. The number of cyclic esters (lactones) is 1. The largest absolute Gasteiger partial charge is 0.469 e. The van der Waals surface area contributed by atoms with Crippen LogP contribution >= 0.6 is 0 Å². The normalized spacial score (nSPS) is 23.2. The molecule has 1 aliphatic heterocycles. The van der Waals surface area contributed by atoms with Gasteiger partial charge in [-0.1, -0.05) is 0 Å². The summed E-state index contributed by atoms with van der Waals surface area (Å²) in [6, 6.07) is 0. The van der Waals surface area contributed by atoms with E-state index in [0.29, 0.717) is 6.42 Å². The predicted octanol–water partition coefficient (Wildman–Crippen LogP) is 1.04. The molecule has 4 nitrogen and oxygen atoms in total. The standard InChI is InChI=1S/C9H14O4/c1-12-9(11)6-7-4-2-3-5-8(10)13-7/h7H,2-6H2,1H3/t7-/m0/s1. The van der Waals surface area contributed by atoms with E-state index in [4.69, 9.17) is 4.74 Å². The van der Waals surface area contributed by atoms with Crippen LogP contribution in [0, 0.1) is 0 Å². The van der Waals surface area contributed by atoms with Gasteiger partial charge >= 0.3 is 11.9 Å². The minimum absolute atomic E-state index is 0.183. The van der Waals surface area contributed by atoms with Crippen LogP contribution in [0.4, 0.5) is 0 Å². The van der Waals surface area contributed by atoms with Crippen LogP contribution in [0.15, 0.2) is 0 Å². The van der Waals surface area contributed by atoms with E-state index in [-0.39, 0.29) is 24.5 Å². The molecule has 0 unspecified atom stereocenters. The quantitative estimate of drug-likeness (QED) is 0.604. The van der Waals surface area contributed by atoms with Crippen LogP contribution in [-0.2, 0) is 19.1 Å². The van der Waals surface area contributed by atoms with Crippen molar-refractivity contribution in [3.05, 3.63) is 0 Å². The van der Waals surface area contributed by atoms with Crippen LogP contribution in [0.2, 0.25) is 0 Å². The van der Waals surface area contributed by atoms with Gasteiger partial charge in [0, 0.05) is 6.42 Å². The third-order valence-corrected chi connectivity index (χ3v) is 2.08. The van der Waals surface area contributed by atoms with Gasteiger partial charge in [0.25, 0.3) is 0 Å². The van der Waals surface area contributed by atoms with Gasteiger partial charge in [-0.2, -0.15) is 0 Å². The van der Waals surface area contributed by atoms with Gasteiger partial charge in [-0.3, -0.25) is 9.59 Å². The fraction of sp³-hybridized carbons (Fsp3) is 0.778. The first kappa shape index (κ1) is 10.0. The van der Waals surface area contributed by atoms with E-state index in [9.17, 15) is 9.59 Å². The van der Waals surface area contributed by atoms with E-state index in [2.05, 4.69) is 4.74 Å². The Labute approximate surface area is 77.2 Å². The van der Waals surface area contributed by atoms with Crippen LogP contribution < -0.4 is 0 Å². The average Bonchev–Trinajstić information content (AvgIpc) is 2.30. The molecule has 1 fully saturated rings. The van der Waals surface area contributed by atoms with Gasteiger partial charge in [-0.05, 0) is 19.3 Å². The molecule has 1 saturated heterocycles. The number of ether oxygens (including phenoxy) is 2. The molecule has 0 aromatic heterocycles. The SMILES string of the molecule is COC(=O)C[C@@H]1CCCCC(=O)O1. The van der Waals surface area contributed by atoms with Crippen molar-refractivity contribution in [1.82, 2.24) is 0 Å². The van der Waals surface area contributed by atoms with E-state index in [1.807, 2.05) is 0 Å². The minimum Gasteiger partial charge on any atom is -0.469 e. The molecule has 1 atom stereocenters. The van der Waals surface area contributed by atoms with Crippen molar-refractivity contribution in [2.75, 3.05) is 7.11 Å². The van der Waals surface area contributed by atoms with Crippen LogP contribution in [0.3, 0.4) is 0 Å². The molecule has 0 radical (unpaired) electrons. The molecular formula is C9H14O4. The Morgan fingerprint density at radius 1 is 1.62 bits per heavy atom. The topological polar surface area (TPSA) is 52.6 Å². The summed E-state index contributed by atoms with van der Waals surface area (Å²) in [6.45, 7) is 0. The Morgan fingerprint density at radius 3 is 3.08 bits per heavy atom. The fourth-order valence-corrected chi connectivity index (χ4v) is 1.36. The molecule has 13 heavy (non-hydrogen) atoms. The van der Waals surface area contributed by atoms with Gasteiger partial charge in [0.05, 0.1) is 13.5 Å². The molecule has 0 spiro atoms. The number of rotatable bonds is 2. The molecule has 0 saturated carbocycles. The zero-order chi connectivity index (χ0) is 9.68. The molecule has 4 heteroatoms. The second-order valence-electron chi connectivity index (χ2n) is 3.14. The van der Waals surface area contributed by atoms with Crippen molar-refractivity contribution in [3.8, 4) is 0 Å². The summed E-state index contributed by atoms with van der Waals surface area (Å²) in [5.74, 6) is -0.522. The second kappa shape index (κ2) is 4.84. The highest BCUT2D eigenvalue weighted by atomic mass is 16.6. The van der Waals surface area contributed by atoms with Crippen molar-refractivity contribution in [2.24, 2.45) is 0 Å². The lowest BCUT2D eigenvalue weighted by molar-refractivity contribution is -0.153. The van der Waals surface area contributed by atoms with E-state index >= 15 is 0 Å².